The number of rotatable bonds is 6. The third-order valence-electron chi connectivity index (χ3n) is 4.19. The lowest BCUT2D eigenvalue weighted by Crippen LogP contribution is -2.10. The molecule has 0 heterocycles. The van der Waals surface area contributed by atoms with E-state index in [4.69, 9.17) is 0 Å². The molecule has 1 aliphatic rings. The number of unbranched alkanes of at least 4 members (excludes halogenated alkanes) is 1. The van der Waals surface area contributed by atoms with Crippen LogP contribution in [0, 0.1) is 17.3 Å². The molecule has 0 aliphatic heterocycles. The van der Waals surface area contributed by atoms with Crippen LogP contribution < -0.4 is 0 Å². The fraction of sp³-hybridized carbons (Fsp3) is 0.857. The maximum absolute atomic E-state index is 2.47. The Balaban J connectivity index is 2.26. The normalized spacial score (nSPS) is 33.6. The highest BCUT2D eigenvalue weighted by atomic mass is 14.6. The van der Waals surface area contributed by atoms with E-state index in [2.05, 4.69) is 39.8 Å². The lowest BCUT2D eigenvalue weighted by atomic mass is 9.87. The molecule has 0 radical (unpaired) electrons. The van der Waals surface area contributed by atoms with Gasteiger partial charge >= 0.3 is 0 Å². The first-order chi connectivity index (χ1) is 6.65. The van der Waals surface area contributed by atoms with Gasteiger partial charge in [-0.1, -0.05) is 52.7 Å². The second-order valence-corrected chi connectivity index (χ2v) is 5.21. The first-order valence-corrected chi connectivity index (χ1v) is 6.30. The Hall–Kier alpha value is -0.260. The molecule has 3 unspecified atom stereocenters. The predicted molar refractivity (Wildman–Crippen MR) is 64.3 cm³/mol. The van der Waals surface area contributed by atoms with Gasteiger partial charge in [-0.3, -0.25) is 0 Å². The van der Waals surface area contributed by atoms with Crippen molar-refractivity contribution in [2.24, 2.45) is 17.3 Å². The van der Waals surface area contributed by atoms with Gasteiger partial charge in [-0.15, -0.1) is 0 Å². The van der Waals surface area contributed by atoms with Crippen molar-refractivity contribution in [3.05, 3.63) is 12.2 Å². The average molecular weight is 194 g/mol. The maximum atomic E-state index is 2.47. The predicted octanol–water partition coefficient (Wildman–Crippen LogP) is 4.81. The maximum Gasteiger partial charge on any atom is -0.0266 e. The summed E-state index contributed by atoms with van der Waals surface area (Å²) in [5.41, 5.74) is 0.672. The summed E-state index contributed by atoms with van der Waals surface area (Å²) in [6, 6.07) is 0. The molecule has 0 aromatic rings. The van der Waals surface area contributed by atoms with Gasteiger partial charge in [-0.2, -0.15) is 0 Å². The molecule has 0 N–H and O–H groups in total. The molecule has 0 heteroatoms. The third-order valence-corrected chi connectivity index (χ3v) is 4.19. The molecular weight excluding hydrogens is 168 g/mol. The Kier molecular flexibility index (Phi) is 4.22. The van der Waals surface area contributed by atoms with Crippen molar-refractivity contribution in [2.75, 3.05) is 0 Å². The van der Waals surface area contributed by atoms with Crippen molar-refractivity contribution in [3.8, 4) is 0 Å². The molecule has 3 atom stereocenters. The van der Waals surface area contributed by atoms with Crippen molar-refractivity contribution >= 4 is 0 Å². The third kappa shape index (κ3) is 2.62. The van der Waals surface area contributed by atoms with E-state index in [0.717, 1.165) is 11.8 Å². The van der Waals surface area contributed by atoms with Gasteiger partial charge in [0.2, 0.25) is 0 Å². The van der Waals surface area contributed by atoms with Crippen LogP contribution in [-0.4, -0.2) is 0 Å². The zero-order valence-electron chi connectivity index (χ0n) is 10.3. The SMILES string of the molecule is CCCC=CCC(C)C1(C)CC1CC. The molecule has 0 spiro atoms. The van der Waals surface area contributed by atoms with Crippen LogP contribution in [0.5, 0.6) is 0 Å². The van der Waals surface area contributed by atoms with E-state index in [1.807, 2.05) is 0 Å². The number of hydrogen-bond donors (Lipinski definition) is 0. The van der Waals surface area contributed by atoms with Crippen molar-refractivity contribution in [2.45, 2.75) is 59.8 Å². The van der Waals surface area contributed by atoms with E-state index in [1.54, 1.807) is 0 Å². The van der Waals surface area contributed by atoms with E-state index in [-0.39, 0.29) is 0 Å². The number of allylic oxidation sites excluding steroid dienone is 2. The Bertz CT molecular complexity index is 192. The molecule has 1 saturated carbocycles. The minimum Gasteiger partial charge on any atom is -0.0885 e. The van der Waals surface area contributed by atoms with E-state index in [9.17, 15) is 0 Å². The van der Waals surface area contributed by atoms with Crippen LogP contribution in [0.15, 0.2) is 12.2 Å². The Labute approximate surface area is 89.8 Å². The van der Waals surface area contributed by atoms with Gasteiger partial charge in [-0.25, -0.2) is 0 Å². The first-order valence-electron chi connectivity index (χ1n) is 6.30. The molecule has 0 aromatic carbocycles. The summed E-state index contributed by atoms with van der Waals surface area (Å²) in [6.07, 6.45) is 11.4. The standard InChI is InChI=1S/C14H26/c1-5-7-8-9-10-12(3)14(4)11-13(14)6-2/h8-9,12-13H,5-7,10-11H2,1-4H3. The van der Waals surface area contributed by atoms with Gasteiger partial charge in [0.1, 0.15) is 0 Å². The van der Waals surface area contributed by atoms with Crippen molar-refractivity contribution in [3.63, 3.8) is 0 Å². The molecule has 0 nitrogen and oxygen atoms in total. The minimum absolute atomic E-state index is 0.672. The highest BCUT2D eigenvalue weighted by Gasteiger charge is 2.51. The molecular formula is C14H26. The largest absolute Gasteiger partial charge is 0.0885 e. The summed E-state index contributed by atoms with van der Waals surface area (Å²) >= 11 is 0. The molecule has 1 rings (SSSR count). The highest BCUT2D eigenvalue weighted by molar-refractivity contribution is 5.02. The van der Waals surface area contributed by atoms with Crippen LogP contribution in [0.2, 0.25) is 0 Å². The van der Waals surface area contributed by atoms with E-state index >= 15 is 0 Å². The molecule has 0 aromatic heterocycles. The average Bonchev–Trinajstić information content (AvgIpc) is 2.86. The van der Waals surface area contributed by atoms with Gasteiger partial charge in [0.05, 0.1) is 0 Å². The Morgan fingerprint density at radius 3 is 2.57 bits per heavy atom. The highest BCUT2D eigenvalue weighted by Crippen LogP contribution is 2.59. The Morgan fingerprint density at radius 2 is 2.07 bits per heavy atom. The van der Waals surface area contributed by atoms with Gasteiger partial charge in [0, 0.05) is 0 Å². The molecule has 0 amide bonds. The molecule has 0 bridgehead atoms. The lowest BCUT2D eigenvalue weighted by Gasteiger charge is -2.18. The summed E-state index contributed by atoms with van der Waals surface area (Å²) in [5.74, 6) is 1.89. The summed E-state index contributed by atoms with van der Waals surface area (Å²) in [7, 11) is 0. The van der Waals surface area contributed by atoms with E-state index in [0.29, 0.717) is 5.41 Å². The van der Waals surface area contributed by atoms with Gasteiger partial charge in [0.15, 0.2) is 0 Å². The van der Waals surface area contributed by atoms with Gasteiger partial charge < -0.3 is 0 Å². The topological polar surface area (TPSA) is 0 Å². The molecule has 0 saturated heterocycles. The van der Waals surface area contributed by atoms with Crippen molar-refractivity contribution in [1.82, 2.24) is 0 Å². The van der Waals surface area contributed by atoms with Gasteiger partial charge in [-0.05, 0) is 36.5 Å². The summed E-state index contributed by atoms with van der Waals surface area (Å²) in [6.45, 7) is 9.46. The summed E-state index contributed by atoms with van der Waals surface area (Å²) in [5, 5.41) is 0. The van der Waals surface area contributed by atoms with E-state index < -0.39 is 0 Å². The summed E-state index contributed by atoms with van der Waals surface area (Å²) < 4.78 is 0. The lowest BCUT2D eigenvalue weighted by molar-refractivity contribution is 0.330. The minimum atomic E-state index is 0.672. The molecule has 14 heavy (non-hydrogen) atoms. The smallest absolute Gasteiger partial charge is 0.0266 e. The van der Waals surface area contributed by atoms with Crippen molar-refractivity contribution < 1.29 is 0 Å². The van der Waals surface area contributed by atoms with Crippen LogP contribution in [-0.2, 0) is 0 Å². The molecule has 1 fully saturated rings. The van der Waals surface area contributed by atoms with Crippen LogP contribution in [0.1, 0.15) is 59.8 Å². The van der Waals surface area contributed by atoms with Crippen LogP contribution in [0.3, 0.4) is 0 Å². The van der Waals surface area contributed by atoms with Gasteiger partial charge in [0.25, 0.3) is 0 Å². The van der Waals surface area contributed by atoms with E-state index in [1.165, 1.54) is 32.1 Å². The zero-order valence-corrected chi connectivity index (χ0v) is 10.3. The fourth-order valence-corrected chi connectivity index (χ4v) is 2.54. The quantitative estimate of drug-likeness (QED) is 0.532. The second-order valence-electron chi connectivity index (χ2n) is 5.21. The van der Waals surface area contributed by atoms with Crippen LogP contribution >= 0.6 is 0 Å². The molecule has 82 valence electrons. The van der Waals surface area contributed by atoms with Crippen LogP contribution in [0.25, 0.3) is 0 Å². The Morgan fingerprint density at radius 1 is 1.36 bits per heavy atom. The zero-order chi connectivity index (χ0) is 10.6. The van der Waals surface area contributed by atoms with Crippen LogP contribution in [0.4, 0.5) is 0 Å². The summed E-state index contributed by atoms with van der Waals surface area (Å²) in [4.78, 5) is 0. The monoisotopic (exact) mass is 194 g/mol. The second kappa shape index (κ2) is 5.00. The first kappa shape index (κ1) is 11.8. The fourth-order valence-electron chi connectivity index (χ4n) is 2.54. The molecule has 1 aliphatic carbocycles. The van der Waals surface area contributed by atoms with Crippen molar-refractivity contribution in [1.29, 1.82) is 0 Å². The number of hydrogen-bond acceptors (Lipinski definition) is 0.